The summed E-state index contributed by atoms with van der Waals surface area (Å²) in [4.78, 5) is 26.9. The maximum absolute atomic E-state index is 12.6. The molecule has 0 radical (unpaired) electrons. The third-order valence-corrected chi connectivity index (χ3v) is 5.91. The van der Waals surface area contributed by atoms with Crippen molar-refractivity contribution in [3.05, 3.63) is 78.4 Å². The fraction of sp³-hybridized carbons (Fsp3) is 0.167. The lowest BCUT2D eigenvalue weighted by Crippen LogP contribution is -2.19. The molecule has 0 fully saturated rings. The average Bonchev–Trinajstić information content (AvgIpc) is 3.17. The van der Waals surface area contributed by atoms with Gasteiger partial charge in [-0.15, -0.1) is 11.8 Å². The number of benzene rings is 3. The van der Waals surface area contributed by atoms with Crippen LogP contribution >= 0.6 is 11.8 Å². The quantitative estimate of drug-likeness (QED) is 0.550. The van der Waals surface area contributed by atoms with Crippen molar-refractivity contribution in [2.45, 2.75) is 18.2 Å². The van der Waals surface area contributed by atoms with Gasteiger partial charge in [-0.1, -0.05) is 30.3 Å². The third kappa shape index (κ3) is 4.66. The number of rotatable bonds is 6. The lowest BCUT2D eigenvalue weighted by molar-refractivity contribution is -0.114. The first-order valence-corrected chi connectivity index (χ1v) is 10.8. The number of carbonyl (C=O) groups is 2. The van der Waals surface area contributed by atoms with E-state index in [1.807, 2.05) is 54.6 Å². The second kappa shape index (κ2) is 9.05. The topological polar surface area (TPSA) is 61.4 Å². The summed E-state index contributed by atoms with van der Waals surface area (Å²) in [6.45, 7) is 2.38. The molecule has 0 spiro atoms. The summed E-state index contributed by atoms with van der Waals surface area (Å²) in [7, 11) is 0. The van der Waals surface area contributed by atoms with Crippen LogP contribution in [0.1, 0.15) is 12.5 Å². The van der Waals surface area contributed by atoms with E-state index in [9.17, 15) is 9.59 Å². The van der Waals surface area contributed by atoms with Crippen LogP contribution in [-0.4, -0.2) is 24.1 Å². The third-order valence-electron chi connectivity index (χ3n) is 4.90. The minimum Gasteiger partial charge on any atom is -0.339 e. The number of thioether (sulfide) groups is 1. The predicted molar refractivity (Wildman–Crippen MR) is 124 cm³/mol. The minimum atomic E-state index is -0.103. The van der Waals surface area contributed by atoms with Gasteiger partial charge in [-0.05, 0) is 54.4 Å². The maximum atomic E-state index is 12.6. The number of hydrogen-bond acceptors (Lipinski definition) is 4. The zero-order chi connectivity index (χ0) is 20.9. The Hall–Kier alpha value is -3.25. The van der Waals surface area contributed by atoms with E-state index >= 15 is 0 Å². The summed E-state index contributed by atoms with van der Waals surface area (Å²) in [6, 6.07) is 23.8. The van der Waals surface area contributed by atoms with Crippen LogP contribution in [0.15, 0.2) is 77.7 Å². The molecule has 1 heterocycles. The lowest BCUT2D eigenvalue weighted by atomic mass is 10.2. The highest BCUT2D eigenvalue weighted by Gasteiger charge is 2.22. The van der Waals surface area contributed by atoms with Gasteiger partial charge in [-0.2, -0.15) is 0 Å². The van der Waals surface area contributed by atoms with Crippen molar-refractivity contribution in [1.29, 1.82) is 0 Å². The molecule has 1 aliphatic heterocycles. The number of carbonyl (C=O) groups excluding carboxylic acids is 2. The highest BCUT2D eigenvalue weighted by Crippen LogP contribution is 2.38. The Morgan fingerprint density at radius 1 is 0.900 bits per heavy atom. The van der Waals surface area contributed by atoms with Crippen LogP contribution in [0.4, 0.5) is 22.7 Å². The van der Waals surface area contributed by atoms with Gasteiger partial charge in [0.1, 0.15) is 0 Å². The molecule has 0 aromatic heterocycles. The van der Waals surface area contributed by atoms with Crippen LogP contribution in [0.25, 0.3) is 0 Å². The van der Waals surface area contributed by atoms with Gasteiger partial charge in [0.05, 0.1) is 17.1 Å². The molecule has 2 amide bonds. The fourth-order valence-electron chi connectivity index (χ4n) is 3.58. The van der Waals surface area contributed by atoms with E-state index < -0.39 is 0 Å². The molecule has 0 saturated carbocycles. The van der Waals surface area contributed by atoms with E-state index in [1.165, 1.54) is 29.9 Å². The van der Waals surface area contributed by atoms with Crippen LogP contribution < -0.4 is 15.5 Å². The minimum absolute atomic E-state index is 0.0501. The summed E-state index contributed by atoms with van der Waals surface area (Å²) in [6.07, 6.45) is 1.00. The fourth-order valence-corrected chi connectivity index (χ4v) is 4.27. The number of nitrogens with zero attached hydrogens (tertiary/aromatic N) is 1. The molecule has 3 aromatic carbocycles. The summed E-state index contributed by atoms with van der Waals surface area (Å²) >= 11 is 1.46. The summed E-state index contributed by atoms with van der Waals surface area (Å²) < 4.78 is 0. The predicted octanol–water partition coefficient (Wildman–Crippen LogP) is 5.07. The number of para-hydroxylation sites is 3. The summed E-state index contributed by atoms with van der Waals surface area (Å²) in [5.74, 6) is 0.157. The van der Waals surface area contributed by atoms with Crippen molar-refractivity contribution < 1.29 is 9.59 Å². The van der Waals surface area contributed by atoms with Crippen molar-refractivity contribution in [3.63, 3.8) is 0 Å². The molecule has 6 heteroatoms. The van der Waals surface area contributed by atoms with Crippen molar-refractivity contribution in [2.75, 3.05) is 27.8 Å². The SMILES string of the molecule is CC(=O)Nc1ccc(SCC(=O)Nc2ccccc2N2CCc3ccccc32)cc1. The Bertz CT molecular complexity index is 1070. The standard InChI is InChI=1S/C24H23N3O2S/c1-17(28)25-19-10-12-20(13-11-19)30-16-24(29)26-21-7-3-5-9-23(21)27-15-14-18-6-2-4-8-22(18)27/h2-13H,14-16H2,1H3,(H,25,28)(H,26,29). The Labute approximate surface area is 180 Å². The number of nitrogens with one attached hydrogen (secondary N) is 2. The highest BCUT2D eigenvalue weighted by molar-refractivity contribution is 8.00. The lowest BCUT2D eigenvalue weighted by Gasteiger charge is -2.23. The highest BCUT2D eigenvalue weighted by atomic mass is 32.2. The molecule has 1 aliphatic rings. The monoisotopic (exact) mass is 417 g/mol. The molecule has 0 bridgehead atoms. The molecular formula is C24H23N3O2S. The van der Waals surface area contributed by atoms with Crippen molar-refractivity contribution in [1.82, 2.24) is 0 Å². The molecule has 0 atom stereocenters. The van der Waals surface area contributed by atoms with Crippen LogP contribution in [0, 0.1) is 0 Å². The smallest absolute Gasteiger partial charge is 0.234 e. The van der Waals surface area contributed by atoms with Crippen molar-refractivity contribution >= 4 is 46.3 Å². The van der Waals surface area contributed by atoms with E-state index in [2.05, 4.69) is 33.7 Å². The Kier molecular flexibility index (Phi) is 6.05. The first-order valence-electron chi connectivity index (χ1n) is 9.85. The number of hydrogen-bond donors (Lipinski definition) is 2. The Balaban J connectivity index is 1.40. The normalized spacial score (nSPS) is 12.4. The number of anilines is 4. The molecule has 0 unspecified atom stereocenters. The van der Waals surface area contributed by atoms with Gasteiger partial charge in [0, 0.05) is 29.7 Å². The van der Waals surface area contributed by atoms with E-state index in [0.29, 0.717) is 5.75 Å². The Morgan fingerprint density at radius 3 is 2.37 bits per heavy atom. The average molecular weight is 418 g/mol. The molecule has 5 nitrogen and oxygen atoms in total. The van der Waals surface area contributed by atoms with Gasteiger partial charge in [-0.3, -0.25) is 9.59 Å². The molecule has 152 valence electrons. The van der Waals surface area contributed by atoms with Crippen LogP contribution in [0.5, 0.6) is 0 Å². The Morgan fingerprint density at radius 2 is 1.60 bits per heavy atom. The zero-order valence-corrected chi connectivity index (χ0v) is 17.5. The molecular weight excluding hydrogens is 394 g/mol. The van der Waals surface area contributed by atoms with Crippen LogP contribution in [-0.2, 0) is 16.0 Å². The molecule has 2 N–H and O–H groups in total. The molecule has 0 aliphatic carbocycles. The molecule has 3 aromatic rings. The summed E-state index contributed by atoms with van der Waals surface area (Å²) in [5, 5.41) is 5.80. The number of amides is 2. The van der Waals surface area contributed by atoms with Crippen LogP contribution in [0.2, 0.25) is 0 Å². The van der Waals surface area contributed by atoms with Gasteiger partial charge < -0.3 is 15.5 Å². The van der Waals surface area contributed by atoms with Gasteiger partial charge in [0.2, 0.25) is 11.8 Å². The molecule has 4 rings (SSSR count). The zero-order valence-electron chi connectivity index (χ0n) is 16.7. The largest absolute Gasteiger partial charge is 0.339 e. The van der Waals surface area contributed by atoms with E-state index in [1.54, 1.807) is 0 Å². The number of fused-ring (bicyclic) bond motifs is 1. The summed E-state index contributed by atoms with van der Waals surface area (Å²) in [5.41, 5.74) is 5.11. The molecule has 30 heavy (non-hydrogen) atoms. The molecule has 0 saturated heterocycles. The van der Waals surface area contributed by atoms with E-state index in [4.69, 9.17) is 0 Å². The van der Waals surface area contributed by atoms with Crippen molar-refractivity contribution in [2.24, 2.45) is 0 Å². The van der Waals surface area contributed by atoms with Crippen molar-refractivity contribution in [3.8, 4) is 0 Å². The van der Waals surface area contributed by atoms with E-state index in [-0.39, 0.29) is 11.8 Å². The van der Waals surface area contributed by atoms with Gasteiger partial charge in [0.15, 0.2) is 0 Å². The van der Waals surface area contributed by atoms with Crippen LogP contribution in [0.3, 0.4) is 0 Å². The first-order chi connectivity index (χ1) is 14.6. The van der Waals surface area contributed by atoms with Gasteiger partial charge >= 0.3 is 0 Å². The van der Waals surface area contributed by atoms with Gasteiger partial charge in [-0.25, -0.2) is 0 Å². The second-order valence-corrected chi connectivity index (χ2v) is 8.14. The van der Waals surface area contributed by atoms with E-state index in [0.717, 1.165) is 34.9 Å². The maximum Gasteiger partial charge on any atom is 0.234 e. The second-order valence-electron chi connectivity index (χ2n) is 7.09. The van der Waals surface area contributed by atoms with Gasteiger partial charge in [0.25, 0.3) is 0 Å². The first kappa shape index (κ1) is 20.0.